The van der Waals surface area contributed by atoms with Crippen molar-refractivity contribution in [3.05, 3.63) is 137 Å². The molecule has 0 radical (unpaired) electrons. The van der Waals surface area contributed by atoms with Gasteiger partial charge in [0.2, 0.25) is 0 Å². The van der Waals surface area contributed by atoms with Crippen LogP contribution in [0.1, 0.15) is 239 Å². The molecule has 670 valence electrons. The second kappa shape index (κ2) is 39.4. The fourth-order valence-electron chi connectivity index (χ4n) is 25.3. The predicted molar refractivity (Wildman–Crippen MR) is 461 cm³/mol. The quantitative estimate of drug-likeness (QED) is 0.0370. The van der Waals surface area contributed by atoms with E-state index in [0.29, 0.717) is 54.1 Å². The molecule has 0 amide bonds. The summed E-state index contributed by atoms with van der Waals surface area (Å²) in [5.74, 6) is 3.80. The molecule has 10 fully saturated rings. The van der Waals surface area contributed by atoms with Crippen molar-refractivity contribution in [3.8, 4) is 5.75 Å². The van der Waals surface area contributed by atoms with Crippen LogP contribution >= 0.6 is 0 Å². The van der Waals surface area contributed by atoms with E-state index >= 15 is 0 Å². The highest BCUT2D eigenvalue weighted by Gasteiger charge is 2.68. The Morgan fingerprint density at radius 1 is 0.694 bits per heavy atom. The number of likely N-dealkylation sites (N-methyl/N-ethyl adjacent to an activating group) is 2. The first-order chi connectivity index (χ1) is 57.9. The number of piperidine rings is 1. The van der Waals surface area contributed by atoms with Gasteiger partial charge in [0.15, 0.2) is 18.9 Å². The molecule has 5 saturated heterocycles. The van der Waals surface area contributed by atoms with Gasteiger partial charge >= 0.3 is 17.9 Å². The summed E-state index contributed by atoms with van der Waals surface area (Å²) < 4.78 is 59.2. The number of aliphatic hydroxyl groups is 6. The van der Waals surface area contributed by atoms with Crippen LogP contribution in [0.15, 0.2) is 114 Å². The van der Waals surface area contributed by atoms with Crippen LogP contribution in [-0.2, 0) is 81.8 Å². The van der Waals surface area contributed by atoms with Gasteiger partial charge in [0.1, 0.15) is 42.9 Å². The molecule has 6 aliphatic heterocycles. The number of nitrogens with zero attached hydrogens (tertiary/aromatic N) is 2. The third kappa shape index (κ3) is 20.1. The Kier molecular flexibility index (Phi) is 29.9. The summed E-state index contributed by atoms with van der Waals surface area (Å²) in [4.78, 5) is 41.2. The number of benzene rings is 3. The van der Waals surface area contributed by atoms with Gasteiger partial charge in [-0.1, -0.05) is 139 Å². The van der Waals surface area contributed by atoms with Crippen molar-refractivity contribution in [2.45, 2.75) is 358 Å². The molecule has 21 heteroatoms. The van der Waals surface area contributed by atoms with Crippen LogP contribution in [0.4, 0.5) is 0 Å². The number of hydrogen-bond acceptors (Lipinski definition) is 21. The highest BCUT2D eigenvalue weighted by Crippen LogP contribution is 2.70. The first-order valence-corrected chi connectivity index (χ1v) is 46.8. The average Bonchev–Trinajstić information content (AvgIpc) is 1.60. The Hall–Kier alpha value is -5.47. The largest absolute Gasteiger partial charge is 0.497 e. The molecule has 8 aliphatic carbocycles. The molecule has 5 saturated carbocycles. The SMILES string of the molecule is CC[C@H](C)C(=O)O[C@H]1C[C@@H](C)C=C2C=C[C@H](C)[C@H](CC[C@@H]3C[C@@H](O)CC(=O)O3)[C@H]21.COc1ccc2c(c1)[C@]13CCCC[C@@H]1[C@H](C2)N(C)CC3.C[C@@H](Cc1ccccc1)N(C)Cc1ccccc1.C[C@H]1O[C@@H](O[C@H]2[C@@H](O)C[C@H](O[C@H]3[C@@H](O)C[C@H](O[C@H]4CC[C@@]5(C)[C@H](CC[C@@H]6[C@@H]5CC[C@]5(C)[C@@H](C7=CC(=O)OC7)CC[C@]65O)C4)O[C@@H]3C)O[C@@H]2C)C[C@H](O)[C@@H]1O. The van der Waals surface area contributed by atoms with Crippen LogP contribution in [0.2, 0.25) is 0 Å². The maximum Gasteiger partial charge on any atom is 0.331 e. The van der Waals surface area contributed by atoms with E-state index in [-0.39, 0.29) is 96.4 Å². The number of hydrogen-bond donors (Lipinski definition) is 6. The topological polar surface area (TPSA) is 271 Å². The fraction of sp³-hybridized carbons (Fsp3) is 0.730. The molecule has 0 spiro atoms. The first kappa shape index (κ1) is 91.7. The molecule has 17 rings (SSSR count). The minimum absolute atomic E-state index is 0.0243. The van der Waals surface area contributed by atoms with Crippen molar-refractivity contribution in [3.63, 3.8) is 0 Å². The van der Waals surface area contributed by atoms with Crippen LogP contribution in [0.5, 0.6) is 5.75 Å². The van der Waals surface area contributed by atoms with Crippen molar-refractivity contribution >= 4 is 17.9 Å². The van der Waals surface area contributed by atoms with E-state index in [1.807, 2.05) is 20.8 Å². The molecule has 6 N–H and O–H groups in total. The zero-order valence-corrected chi connectivity index (χ0v) is 74.7. The van der Waals surface area contributed by atoms with Gasteiger partial charge in [-0.2, -0.15) is 0 Å². The van der Waals surface area contributed by atoms with Crippen molar-refractivity contribution in [2.24, 2.45) is 70.0 Å². The Balaban J connectivity index is 0.000000148. The summed E-state index contributed by atoms with van der Waals surface area (Å²) in [7, 11) is 6.32. The van der Waals surface area contributed by atoms with Gasteiger partial charge < -0.3 is 82.9 Å². The maximum absolute atomic E-state index is 12.6. The number of methoxy groups -OCH3 is 1. The summed E-state index contributed by atoms with van der Waals surface area (Å²) in [5, 5.41) is 64.9. The highest BCUT2D eigenvalue weighted by atomic mass is 16.7. The molecule has 6 heterocycles. The number of likely N-dealkylation sites (tertiary alicyclic amines) is 1. The second-order valence-electron chi connectivity index (χ2n) is 40.1. The number of cyclic esters (lactones) is 2. The maximum atomic E-state index is 12.6. The van der Waals surface area contributed by atoms with Crippen molar-refractivity contribution in [1.82, 2.24) is 9.80 Å². The monoisotopic (exact) mass is 1680 g/mol. The number of ether oxygens (including phenoxy) is 10. The van der Waals surface area contributed by atoms with Crippen LogP contribution in [0, 0.1) is 70.0 Å². The number of carbonyl (C=O) groups excluding carboxylic acids is 3. The molecule has 3 aromatic carbocycles. The summed E-state index contributed by atoms with van der Waals surface area (Å²) in [6, 6.07) is 29.5. The van der Waals surface area contributed by atoms with E-state index in [0.717, 1.165) is 120 Å². The lowest BCUT2D eigenvalue weighted by Gasteiger charge is -2.64. The van der Waals surface area contributed by atoms with Gasteiger partial charge in [-0.05, 0) is 262 Å². The number of carbonyl (C=O) groups is 3. The minimum atomic E-state index is -0.996. The molecular weight excluding hydrogens is 1530 g/mol. The zero-order chi connectivity index (χ0) is 86.0. The minimum Gasteiger partial charge on any atom is -0.497 e. The Morgan fingerprint density at radius 3 is 2.02 bits per heavy atom. The normalized spacial score (nSPS) is 41.5. The molecular formula is C100H146N2O19. The predicted octanol–water partition coefficient (Wildman–Crippen LogP) is 14.6. The van der Waals surface area contributed by atoms with Crippen LogP contribution < -0.4 is 4.74 Å². The Bertz CT molecular complexity index is 3950. The summed E-state index contributed by atoms with van der Waals surface area (Å²) in [6.07, 6.45) is 20.9. The van der Waals surface area contributed by atoms with E-state index in [1.54, 1.807) is 38.2 Å². The van der Waals surface area contributed by atoms with Crippen molar-refractivity contribution in [1.29, 1.82) is 0 Å². The Labute approximate surface area is 720 Å². The van der Waals surface area contributed by atoms with Gasteiger partial charge in [0.25, 0.3) is 0 Å². The molecule has 21 nitrogen and oxygen atoms in total. The molecule has 3 aromatic rings. The highest BCUT2D eigenvalue weighted by molar-refractivity contribution is 5.85. The lowest BCUT2D eigenvalue weighted by molar-refractivity contribution is -0.336. The van der Waals surface area contributed by atoms with Gasteiger partial charge in [-0.15, -0.1) is 0 Å². The molecule has 121 heavy (non-hydrogen) atoms. The van der Waals surface area contributed by atoms with Crippen LogP contribution in [-0.4, -0.2) is 209 Å². The third-order valence-electron chi connectivity index (χ3n) is 32.5. The second-order valence-corrected chi connectivity index (χ2v) is 40.1. The van der Waals surface area contributed by atoms with Crippen LogP contribution in [0.25, 0.3) is 0 Å². The molecule has 2 bridgehead atoms. The number of allylic oxidation sites excluding steroid dienone is 3. The van der Waals surface area contributed by atoms with Crippen molar-refractivity contribution < 1.29 is 92.4 Å². The summed E-state index contributed by atoms with van der Waals surface area (Å²) in [6.45, 7) is 23.3. The molecule has 32 atom stereocenters. The summed E-state index contributed by atoms with van der Waals surface area (Å²) >= 11 is 0. The number of fused-ring (bicyclic) bond motifs is 7. The fourth-order valence-corrected chi connectivity index (χ4v) is 25.3. The summed E-state index contributed by atoms with van der Waals surface area (Å²) in [5.41, 5.74) is 7.94. The number of esters is 3. The number of rotatable bonds is 19. The molecule has 14 aliphatic rings. The van der Waals surface area contributed by atoms with Gasteiger partial charge in [0.05, 0.1) is 73.9 Å². The zero-order valence-electron chi connectivity index (χ0n) is 74.7. The lowest BCUT2D eigenvalue weighted by atomic mass is 9.43. The third-order valence-corrected chi connectivity index (χ3v) is 32.5. The van der Waals surface area contributed by atoms with Gasteiger partial charge in [-0.25, -0.2) is 4.79 Å². The van der Waals surface area contributed by atoms with E-state index in [4.69, 9.17) is 47.4 Å². The number of aliphatic hydroxyl groups excluding tert-OH is 5. The molecule has 0 aromatic heterocycles. The average molecular weight is 1680 g/mol. The Morgan fingerprint density at radius 2 is 1.37 bits per heavy atom. The van der Waals surface area contributed by atoms with Gasteiger partial charge in [0, 0.05) is 67.1 Å². The first-order valence-electron chi connectivity index (χ1n) is 46.8. The smallest absolute Gasteiger partial charge is 0.331 e. The van der Waals surface area contributed by atoms with E-state index < -0.39 is 85.5 Å². The van der Waals surface area contributed by atoms with Gasteiger partial charge in [-0.3, -0.25) is 14.5 Å². The van der Waals surface area contributed by atoms with E-state index in [2.05, 4.69) is 156 Å². The van der Waals surface area contributed by atoms with E-state index in [1.165, 1.54) is 61.8 Å². The van der Waals surface area contributed by atoms with E-state index in [9.17, 15) is 45.0 Å². The standard InChI is InChI=1S/C41H64O13.C24H36O5.C18H25NO.C17H21N/c1-20-36(46)29(42)16-34(49-20)53-38-22(3)51-35(18-31(38)44)54-37-21(2)50-33(17-30(37)43)52-25-8-11-39(4)24(15-25)6-7-28-27(39)9-12-40(5)26(10-13-41(28,40)47)23-14-32(45)48-19-23;1-5-15(3)24(27)29-21-11-14(2)10-17-7-6-16(4)20(23(17)21)9-8-19-12-18(25)13-22(26)28-19;1-19-10-9-18-8-4-3-5-15(18)17(19)11-13-6-7-14(20-2)12-16(13)18;1-15(13-16-9-5-3-6-10-16)18(2)14-17-11-7-4-8-12-17/h14,20-22,24-31,33-38,42-44,46-47H,6-13,15-19H2,1-5H3;6-7,10,14-16,18-21,23,25H,5,8-9,11-13H2,1-4H3;6-7,12,15,17H,3-5,8-11H2,1-2H3;3-12,15H,13-14H2,1-2H3/t20-,21-,22-,24-,25+,26-,27+,28-,29+,30+,31+,33+,34+,35+,36-,37-,38-,39+,40-,41+;14-,15-,16-,18+,19+,20-,21-,23-;15-,17+,18+;15-/m1010/s1. The molecule has 0 unspecified atom stereocenters. The van der Waals surface area contributed by atoms with Crippen molar-refractivity contribution in [2.75, 3.05) is 34.4 Å². The van der Waals surface area contributed by atoms with Crippen LogP contribution in [0.3, 0.4) is 0 Å². The lowest BCUT2D eigenvalue weighted by Crippen LogP contribution is -2.62.